The lowest BCUT2D eigenvalue weighted by molar-refractivity contribution is -0.163. The molecular weight excluding hydrogens is 765 g/mol. The number of alkyl halides is 2. The van der Waals surface area contributed by atoms with Gasteiger partial charge in [0, 0.05) is 35.2 Å². The van der Waals surface area contributed by atoms with Crippen molar-refractivity contribution in [2.45, 2.75) is 91.0 Å². The number of aromatic amines is 1. The largest absolute Gasteiger partial charge is 0.438 e. The Kier molecular flexibility index (Phi) is 12.8. The van der Waals surface area contributed by atoms with Crippen molar-refractivity contribution < 1.29 is 55.8 Å². The summed E-state index contributed by atoms with van der Waals surface area (Å²) in [5.74, 6) is -3.00. The second kappa shape index (κ2) is 16.9. The van der Waals surface area contributed by atoms with Gasteiger partial charge in [-0.05, 0) is 97.6 Å². The lowest BCUT2D eigenvalue weighted by atomic mass is 9.98. The van der Waals surface area contributed by atoms with E-state index < -0.39 is 79.1 Å². The Bertz CT molecular complexity index is 2040. The molecule has 3 amide bonds. The topological polar surface area (TPSA) is 174 Å². The number of anilines is 1. The Labute approximate surface area is 329 Å². The van der Waals surface area contributed by atoms with Crippen molar-refractivity contribution in [3.05, 3.63) is 78.0 Å². The molecule has 0 spiro atoms. The number of ether oxygens (including phenoxy) is 2. The maximum Gasteiger partial charge on any atom is 0.410 e. The van der Waals surface area contributed by atoms with Crippen LogP contribution in [0.4, 0.5) is 14.5 Å². The number of hydrogen-bond acceptors (Lipinski definition) is 10. The van der Waals surface area contributed by atoms with Gasteiger partial charge in [-0.1, -0.05) is 36.4 Å². The number of nitrogens with zero attached hydrogens (tertiary/aromatic N) is 2. The van der Waals surface area contributed by atoms with Crippen molar-refractivity contribution in [3.8, 4) is 0 Å². The molecule has 2 aliphatic heterocycles. The summed E-state index contributed by atoms with van der Waals surface area (Å²) in [6.07, 6.45) is 5.53. The molecule has 5 rings (SSSR count). The van der Waals surface area contributed by atoms with Gasteiger partial charge in [0.15, 0.2) is 0 Å². The third-order valence-corrected chi connectivity index (χ3v) is 11.5. The molecule has 308 valence electrons. The van der Waals surface area contributed by atoms with Crippen LogP contribution in [0.25, 0.3) is 10.9 Å². The molecule has 3 atom stereocenters. The number of para-hydroxylation sites is 1. The minimum atomic E-state index is -5.59. The number of amides is 3. The fraction of sp³-hybridized carbons (Fsp3) is 0.475. The van der Waals surface area contributed by atoms with Crippen LogP contribution < -0.4 is 10.2 Å². The standard InChI is InChI=1S/C40H49F2N4O10P/c1-38(2,3)36(50)53-23-55-57(52,56-24-54-37(51)39(4,5)6)40(41,42)26-17-19-29-25(21-26)22-31(43-29)33(47)44-30-16-12-11-15-28-18-20-32(46(28)34(30)48)35(49)45(7)27-13-9-8-10-14-27/h8-14,17,19,21-22,28,30,32,43H,15-16,18,20,23-24H2,1-7H3,(H,44,47)/b12-11-/t28-,30-,32-/m0/s1. The molecule has 2 aromatic carbocycles. The predicted octanol–water partition coefficient (Wildman–Crippen LogP) is 7.01. The molecule has 1 aromatic heterocycles. The Hall–Kier alpha value is -4.92. The summed E-state index contributed by atoms with van der Waals surface area (Å²) in [4.78, 5) is 71.9. The fourth-order valence-corrected chi connectivity index (χ4v) is 7.58. The van der Waals surface area contributed by atoms with E-state index in [0.717, 1.165) is 12.1 Å². The Balaban J connectivity index is 1.35. The number of fused-ring (bicyclic) bond motifs is 2. The van der Waals surface area contributed by atoms with E-state index in [1.807, 2.05) is 30.4 Å². The number of likely N-dealkylation sites (N-methyl/N-ethyl adjacent to an activating group) is 1. The molecule has 0 unspecified atom stereocenters. The second-order valence-electron chi connectivity index (χ2n) is 16.1. The summed E-state index contributed by atoms with van der Waals surface area (Å²) in [5, 5.41) is 2.86. The molecule has 0 radical (unpaired) electrons. The van der Waals surface area contributed by atoms with Gasteiger partial charge < -0.3 is 29.6 Å². The monoisotopic (exact) mass is 814 g/mol. The van der Waals surface area contributed by atoms with E-state index in [1.54, 1.807) is 24.1 Å². The van der Waals surface area contributed by atoms with Gasteiger partial charge in [0.2, 0.25) is 25.4 Å². The molecule has 3 heterocycles. The van der Waals surface area contributed by atoms with Crippen molar-refractivity contribution in [2.24, 2.45) is 10.8 Å². The maximum atomic E-state index is 16.2. The molecule has 57 heavy (non-hydrogen) atoms. The van der Waals surface area contributed by atoms with Crippen molar-refractivity contribution in [1.29, 1.82) is 0 Å². The molecule has 17 heteroatoms. The highest BCUT2D eigenvalue weighted by atomic mass is 31.2. The summed E-state index contributed by atoms with van der Waals surface area (Å²) in [6.45, 7) is 6.82. The van der Waals surface area contributed by atoms with Gasteiger partial charge >= 0.3 is 25.2 Å². The van der Waals surface area contributed by atoms with Crippen molar-refractivity contribution in [2.75, 3.05) is 25.5 Å². The average Bonchev–Trinajstić information content (AvgIpc) is 3.78. The number of aromatic nitrogens is 1. The average molecular weight is 815 g/mol. The van der Waals surface area contributed by atoms with Crippen molar-refractivity contribution >= 4 is 53.8 Å². The van der Waals surface area contributed by atoms with E-state index in [9.17, 15) is 28.5 Å². The number of halogens is 2. The van der Waals surface area contributed by atoms with Gasteiger partial charge in [0.05, 0.1) is 10.8 Å². The van der Waals surface area contributed by atoms with E-state index in [4.69, 9.17) is 18.5 Å². The molecule has 14 nitrogen and oxygen atoms in total. The molecule has 2 aliphatic rings. The minimum absolute atomic E-state index is 0.0578. The van der Waals surface area contributed by atoms with Gasteiger partial charge in [-0.3, -0.25) is 37.6 Å². The maximum absolute atomic E-state index is 16.2. The van der Waals surface area contributed by atoms with Crippen LogP contribution in [0.1, 0.15) is 83.3 Å². The summed E-state index contributed by atoms with van der Waals surface area (Å²) >= 11 is 0. The van der Waals surface area contributed by atoms with E-state index >= 15 is 8.78 Å². The van der Waals surface area contributed by atoms with Gasteiger partial charge in [0.25, 0.3) is 5.91 Å². The van der Waals surface area contributed by atoms with Crippen LogP contribution in [0.5, 0.6) is 0 Å². The first-order valence-corrected chi connectivity index (χ1v) is 20.0. The summed E-state index contributed by atoms with van der Waals surface area (Å²) < 4.78 is 66.0. The van der Waals surface area contributed by atoms with E-state index in [-0.39, 0.29) is 35.0 Å². The number of carbonyl (C=O) groups is 5. The third-order valence-electron chi connectivity index (χ3n) is 9.67. The molecule has 0 saturated carbocycles. The number of benzene rings is 2. The van der Waals surface area contributed by atoms with E-state index in [0.29, 0.717) is 24.9 Å². The van der Waals surface area contributed by atoms with E-state index in [1.165, 1.54) is 58.6 Å². The summed E-state index contributed by atoms with van der Waals surface area (Å²) in [5.41, 5.74) is -6.40. The molecule has 0 aliphatic carbocycles. The normalized spacial score (nSPS) is 19.6. The molecule has 2 N–H and O–H groups in total. The number of esters is 2. The highest BCUT2D eigenvalue weighted by Crippen LogP contribution is 2.67. The Morgan fingerprint density at radius 1 is 0.877 bits per heavy atom. The van der Waals surface area contributed by atoms with Gasteiger partial charge in [-0.15, -0.1) is 0 Å². The zero-order valence-corrected chi connectivity index (χ0v) is 33.9. The van der Waals surface area contributed by atoms with Crippen LogP contribution in [0.15, 0.2) is 66.7 Å². The SMILES string of the molecule is CN(C(=O)[C@@H]1CC[C@@H]2C/C=C\C[C@H](NC(=O)c3cc4cc(C(F)(F)P(=O)(OCOC(=O)C(C)(C)C)OCOC(=O)C(C)(C)C)ccc4[nH]3)C(=O)N21)c1ccccc1. The fourth-order valence-electron chi connectivity index (χ4n) is 6.35. The molecule has 1 saturated heterocycles. The van der Waals surface area contributed by atoms with Crippen LogP contribution in [0.2, 0.25) is 0 Å². The van der Waals surface area contributed by atoms with E-state index in [2.05, 4.69) is 10.3 Å². The summed E-state index contributed by atoms with van der Waals surface area (Å²) in [7, 11) is -3.93. The third kappa shape index (κ3) is 9.62. The number of carbonyl (C=O) groups excluding carboxylic acids is 5. The second-order valence-corrected chi connectivity index (χ2v) is 18.1. The highest BCUT2D eigenvalue weighted by molar-refractivity contribution is 7.54. The first-order chi connectivity index (χ1) is 26.6. The lowest BCUT2D eigenvalue weighted by Crippen LogP contribution is -2.56. The van der Waals surface area contributed by atoms with Crippen molar-refractivity contribution in [3.63, 3.8) is 0 Å². The first kappa shape index (κ1) is 43.2. The number of nitrogens with one attached hydrogen (secondary N) is 2. The van der Waals surface area contributed by atoms with Gasteiger partial charge in [-0.2, -0.15) is 8.78 Å². The molecular formula is C40H49F2N4O10P. The quantitative estimate of drug-likeness (QED) is 0.0839. The Morgan fingerprint density at radius 3 is 2.07 bits per heavy atom. The van der Waals surface area contributed by atoms with Gasteiger partial charge in [-0.25, -0.2) is 0 Å². The van der Waals surface area contributed by atoms with Crippen LogP contribution in [-0.4, -0.2) is 78.3 Å². The lowest BCUT2D eigenvalue weighted by Gasteiger charge is -2.35. The summed E-state index contributed by atoms with van der Waals surface area (Å²) in [6, 6.07) is 11.5. The van der Waals surface area contributed by atoms with Crippen LogP contribution in [0.3, 0.4) is 0 Å². The first-order valence-electron chi connectivity index (χ1n) is 18.5. The van der Waals surface area contributed by atoms with Crippen LogP contribution in [0, 0.1) is 10.8 Å². The number of hydrogen-bond donors (Lipinski definition) is 2. The molecule has 1 fully saturated rings. The highest BCUT2D eigenvalue weighted by Gasteiger charge is 2.56. The van der Waals surface area contributed by atoms with Gasteiger partial charge in [0.1, 0.15) is 17.8 Å². The van der Waals surface area contributed by atoms with Crippen molar-refractivity contribution in [1.82, 2.24) is 15.2 Å². The zero-order chi connectivity index (χ0) is 41.9. The molecule has 0 bridgehead atoms. The van der Waals surface area contributed by atoms with Crippen LogP contribution in [-0.2, 0) is 47.9 Å². The Morgan fingerprint density at radius 2 is 1.47 bits per heavy atom. The number of rotatable bonds is 12. The minimum Gasteiger partial charge on any atom is -0.438 e. The van der Waals surface area contributed by atoms with Crippen LogP contribution >= 0.6 is 7.60 Å². The number of H-pyrrole nitrogens is 1. The smallest absolute Gasteiger partial charge is 0.410 e. The predicted molar refractivity (Wildman–Crippen MR) is 206 cm³/mol. The zero-order valence-electron chi connectivity index (χ0n) is 33.0. The molecule has 3 aromatic rings.